The summed E-state index contributed by atoms with van der Waals surface area (Å²) in [5.41, 5.74) is 0. The fraction of sp³-hybridized carbons (Fsp3) is 0.800. The number of rotatable bonds is 5. The number of carboxylic acids is 1. The fourth-order valence-corrected chi connectivity index (χ4v) is 3.61. The van der Waals surface area contributed by atoms with Crippen LogP contribution in [0, 0.1) is 0 Å². The molecule has 7 heteroatoms. The van der Waals surface area contributed by atoms with Crippen molar-refractivity contribution in [2.45, 2.75) is 38.6 Å². The Balaban J connectivity index is 2.86. The number of Topliss-reactive ketones (excluding diaryl/α,β-unsaturated/α-hetero) is 1. The average Bonchev–Trinajstić information content (AvgIpc) is 2.26. The van der Waals surface area contributed by atoms with Gasteiger partial charge in [-0.25, -0.2) is 8.42 Å². The third-order valence-electron chi connectivity index (χ3n) is 2.78. The highest BCUT2D eigenvalue weighted by atomic mass is 32.2. The fourth-order valence-electron chi connectivity index (χ4n) is 1.80. The molecule has 17 heavy (non-hydrogen) atoms. The second kappa shape index (κ2) is 5.59. The van der Waals surface area contributed by atoms with Crippen molar-refractivity contribution in [3.8, 4) is 0 Å². The van der Waals surface area contributed by atoms with Gasteiger partial charge in [-0.15, -0.1) is 0 Å². The van der Waals surface area contributed by atoms with E-state index in [0.29, 0.717) is 6.42 Å². The lowest BCUT2D eigenvalue weighted by molar-refractivity contribution is -0.145. The van der Waals surface area contributed by atoms with E-state index in [9.17, 15) is 18.0 Å². The smallest absolute Gasteiger partial charge is 0.322 e. The molecule has 0 aromatic heterocycles. The lowest BCUT2D eigenvalue weighted by Gasteiger charge is -2.31. The standard InChI is InChI=1S/C10H17NO5S/c1-2-3-6-17(15,16)11-5-4-8(12)7-9(11)10(13)14/h9H,2-7H2,1H3,(H,13,14). The number of sulfonamides is 1. The van der Waals surface area contributed by atoms with Gasteiger partial charge in [-0.3, -0.25) is 9.59 Å². The molecular formula is C10H17NO5S. The Morgan fingerprint density at radius 3 is 2.71 bits per heavy atom. The van der Waals surface area contributed by atoms with Gasteiger partial charge >= 0.3 is 5.97 Å². The zero-order chi connectivity index (χ0) is 13.1. The van der Waals surface area contributed by atoms with Gasteiger partial charge in [-0.05, 0) is 6.42 Å². The largest absolute Gasteiger partial charge is 0.480 e. The number of piperidine rings is 1. The molecule has 0 saturated carbocycles. The molecule has 0 bridgehead atoms. The van der Waals surface area contributed by atoms with Gasteiger partial charge in [-0.1, -0.05) is 13.3 Å². The minimum absolute atomic E-state index is 0.0121. The molecule has 98 valence electrons. The summed E-state index contributed by atoms with van der Waals surface area (Å²) in [6.07, 6.45) is 1.11. The molecular weight excluding hydrogens is 246 g/mol. The Kier molecular flexibility index (Phi) is 4.64. The van der Waals surface area contributed by atoms with Crippen molar-refractivity contribution in [3.63, 3.8) is 0 Å². The first-order valence-corrected chi connectivity index (χ1v) is 7.23. The van der Waals surface area contributed by atoms with Gasteiger partial charge in [0.05, 0.1) is 5.75 Å². The SMILES string of the molecule is CCCCS(=O)(=O)N1CCC(=O)CC1C(=O)O. The molecule has 0 aromatic rings. The second-order valence-electron chi connectivity index (χ2n) is 4.13. The molecule has 0 amide bonds. The van der Waals surface area contributed by atoms with Crippen LogP contribution in [0.1, 0.15) is 32.6 Å². The molecule has 1 heterocycles. The predicted molar refractivity (Wildman–Crippen MR) is 61.1 cm³/mol. The van der Waals surface area contributed by atoms with E-state index >= 15 is 0 Å². The molecule has 1 N–H and O–H groups in total. The summed E-state index contributed by atoms with van der Waals surface area (Å²) in [4.78, 5) is 22.2. The van der Waals surface area contributed by atoms with Crippen LogP contribution in [0.25, 0.3) is 0 Å². The Hall–Kier alpha value is -0.950. The summed E-state index contributed by atoms with van der Waals surface area (Å²) in [5, 5.41) is 8.96. The average molecular weight is 263 g/mol. The number of carbonyl (C=O) groups excluding carboxylic acids is 1. The Labute approximate surface area is 101 Å². The van der Waals surface area contributed by atoms with Gasteiger partial charge in [-0.2, -0.15) is 4.31 Å². The molecule has 1 aliphatic heterocycles. The van der Waals surface area contributed by atoms with Gasteiger partial charge in [0.1, 0.15) is 11.8 Å². The van der Waals surface area contributed by atoms with E-state index in [0.717, 1.165) is 10.7 Å². The molecule has 1 aliphatic rings. The first-order valence-electron chi connectivity index (χ1n) is 5.62. The molecule has 0 aromatic carbocycles. The first kappa shape index (κ1) is 14.1. The van der Waals surface area contributed by atoms with Crippen molar-refractivity contribution in [2.24, 2.45) is 0 Å². The minimum Gasteiger partial charge on any atom is -0.480 e. The molecule has 0 spiro atoms. The van der Waals surface area contributed by atoms with E-state index in [2.05, 4.69) is 0 Å². The molecule has 0 radical (unpaired) electrons. The van der Waals surface area contributed by atoms with Crippen LogP contribution >= 0.6 is 0 Å². The molecule has 1 fully saturated rings. The Bertz CT molecular complexity index is 403. The summed E-state index contributed by atoms with van der Waals surface area (Å²) in [7, 11) is -3.56. The summed E-state index contributed by atoms with van der Waals surface area (Å²) in [6, 6.07) is -1.22. The molecule has 1 saturated heterocycles. The van der Waals surface area contributed by atoms with Gasteiger partial charge in [0.2, 0.25) is 10.0 Å². The van der Waals surface area contributed by atoms with Crippen LogP contribution < -0.4 is 0 Å². The molecule has 6 nitrogen and oxygen atoms in total. The van der Waals surface area contributed by atoms with E-state index in [1.807, 2.05) is 6.92 Å². The predicted octanol–water partition coefficient (Wildman–Crippen LogP) is 0.234. The molecule has 0 aliphatic carbocycles. The van der Waals surface area contributed by atoms with Crippen LogP contribution in [-0.2, 0) is 19.6 Å². The Morgan fingerprint density at radius 1 is 1.53 bits per heavy atom. The summed E-state index contributed by atoms with van der Waals surface area (Å²) in [5.74, 6) is -1.50. The van der Waals surface area contributed by atoms with E-state index in [1.54, 1.807) is 0 Å². The van der Waals surface area contributed by atoms with Gasteiger partial charge in [0.25, 0.3) is 0 Å². The zero-order valence-electron chi connectivity index (χ0n) is 9.76. The molecule has 1 atom stereocenters. The Morgan fingerprint density at radius 2 is 2.18 bits per heavy atom. The van der Waals surface area contributed by atoms with Gasteiger partial charge in [0, 0.05) is 19.4 Å². The van der Waals surface area contributed by atoms with E-state index in [1.165, 1.54) is 0 Å². The number of aliphatic carboxylic acids is 1. The zero-order valence-corrected chi connectivity index (χ0v) is 10.6. The maximum absolute atomic E-state index is 11.9. The van der Waals surface area contributed by atoms with Crippen molar-refractivity contribution in [1.82, 2.24) is 4.31 Å². The van der Waals surface area contributed by atoms with Crippen LogP contribution in [-0.4, -0.2) is 47.9 Å². The number of hydrogen-bond acceptors (Lipinski definition) is 4. The third-order valence-corrected chi connectivity index (χ3v) is 4.73. The van der Waals surface area contributed by atoms with Crippen LogP contribution in [0.4, 0.5) is 0 Å². The topological polar surface area (TPSA) is 91.8 Å². The lowest BCUT2D eigenvalue weighted by atomic mass is 10.0. The van der Waals surface area contributed by atoms with Crippen molar-refractivity contribution in [1.29, 1.82) is 0 Å². The van der Waals surface area contributed by atoms with Gasteiger partial charge < -0.3 is 5.11 Å². The van der Waals surface area contributed by atoms with Crippen LogP contribution in [0.5, 0.6) is 0 Å². The summed E-state index contributed by atoms with van der Waals surface area (Å²) in [6.45, 7) is 1.85. The van der Waals surface area contributed by atoms with Crippen molar-refractivity contribution < 1.29 is 23.1 Å². The summed E-state index contributed by atoms with van der Waals surface area (Å²) >= 11 is 0. The highest BCUT2D eigenvalue weighted by molar-refractivity contribution is 7.89. The quantitative estimate of drug-likeness (QED) is 0.766. The highest BCUT2D eigenvalue weighted by Crippen LogP contribution is 2.19. The van der Waals surface area contributed by atoms with Crippen molar-refractivity contribution >= 4 is 21.8 Å². The number of nitrogens with zero attached hydrogens (tertiary/aromatic N) is 1. The molecule has 1 unspecified atom stereocenters. The molecule has 1 rings (SSSR count). The lowest BCUT2D eigenvalue weighted by Crippen LogP contribution is -2.50. The van der Waals surface area contributed by atoms with E-state index in [4.69, 9.17) is 5.11 Å². The van der Waals surface area contributed by atoms with E-state index < -0.39 is 22.0 Å². The van der Waals surface area contributed by atoms with Gasteiger partial charge in [0.15, 0.2) is 0 Å². The second-order valence-corrected chi connectivity index (χ2v) is 6.17. The maximum atomic E-state index is 11.9. The highest BCUT2D eigenvalue weighted by Gasteiger charge is 2.39. The van der Waals surface area contributed by atoms with Crippen molar-refractivity contribution in [2.75, 3.05) is 12.3 Å². The third kappa shape index (κ3) is 3.50. The minimum atomic E-state index is -3.56. The summed E-state index contributed by atoms with van der Waals surface area (Å²) < 4.78 is 24.8. The number of unbranched alkanes of at least 4 members (excludes halogenated alkanes) is 1. The normalized spacial score (nSPS) is 22.6. The van der Waals surface area contributed by atoms with Crippen molar-refractivity contribution in [3.05, 3.63) is 0 Å². The monoisotopic (exact) mass is 263 g/mol. The number of ketones is 1. The van der Waals surface area contributed by atoms with Crippen LogP contribution in [0.15, 0.2) is 0 Å². The first-order chi connectivity index (χ1) is 7.88. The van der Waals surface area contributed by atoms with E-state index in [-0.39, 0.29) is 30.9 Å². The number of carboxylic acid groups (broad SMARTS) is 1. The van der Waals surface area contributed by atoms with Crippen LogP contribution in [0.3, 0.4) is 0 Å². The number of carbonyl (C=O) groups is 2. The maximum Gasteiger partial charge on any atom is 0.322 e. The number of hydrogen-bond donors (Lipinski definition) is 1. The van der Waals surface area contributed by atoms with Crippen LogP contribution in [0.2, 0.25) is 0 Å².